The normalized spacial score (nSPS) is 49.6. The summed E-state index contributed by atoms with van der Waals surface area (Å²) < 4.78 is 23.8. The van der Waals surface area contributed by atoms with Crippen molar-refractivity contribution in [2.75, 3.05) is 6.61 Å². The molecule has 1 aliphatic heterocycles. The van der Waals surface area contributed by atoms with Crippen LogP contribution in [-0.4, -0.2) is 99.2 Å². The van der Waals surface area contributed by atoms with Crippen molar-refractivity contribution in [3.8, 4) is 0 Å². The molecule has 4 saturated carbocycles. The molecule has 5 N–H and O–H groups in total. The zero-order chi connectivity index (χ0) is 40.1. The third-order valence-corrected chi connectivity index (χ3v) is 16.7. The van der Waals surface area contributed by atoms with Crippen molar-refractivity contribution >= 4 is 11.9 Å². The molecule has 0 radical (unpaired) electrons. The van der Waals surface area contributed by atoms with Gasteiger partial charge in [0.05, 0.1) is 42.5 Å². The topological polar surface area (TPSA) is 172 Å². The summed E-state index contributed by atoms with van der Waals surface area (Å²) in [6.07, 6.45) is -0.681. The van der Waals surface area contributed by atoms with E-state index in [0.717, 1.165) is 32.1 Å². The van der Waals surface area contributed by atoms with Gasteiger partial charge in [0.2, 0.25) is 0 Å². The Hall–Kier alpha value is -1.86. The van der Waals surface area contributed by atoms with Gasteiger partial charge in [-0.05, 0) is 111 Å². The van der Waals surface area contributed by atoms with Crippen molar-refractivity contribution in [1.29, 1.82) is 0 Å². The van der Waals surface area contributed by atoms with Crippen LogP contribution in [0.1, 0.15) is 121 Å². The molecule has 54 heavy (non-hydrogen) atoms. The van der Waals surface area contributed by atoms with E-state index in [-0.39, 0.29) is 28.3 Å². The van der Waals surface area contributed by atoms with Crippen molar-refractivity contribution in [1.82, 2.24) is 0 Å². The van der Waals surface area contributed by atoms with Gasteiger partial charge in [-0.1, -0.05) is 66.2 Å². The predicted octanol–water partition coefficient (Wildman–Crippen LogP) is 4.99. The number of hydrogen-bond donors (Lipinski definition) is 5. The summed E-state index contributed by atoms with van der Waals surface area (Å²) in [4.78, 5) is 24.9. The van der Waals surface area contributed by atoms with Crippen molar-refractivity contribution in [2.24, 2.45) is 50.2 Å². The lowest BCUT2D eigenvalue weighted by Gasteiger charge is -2.72. The molecule has 0 aromatic carbocycles. The largest absolute Gasteiger partial charge is 0.456 e. The van der Waals surface area contributed by atoms with Crippen molar-refractivity contribution in [3.05, 3.63) is 23.3 Å². The van der Waals surface area contributed by atoms with Gasteiger partial charge in [-0.15, -0.1) is 0 Å². The van der Waals surface area contributed by atoms with Gasteiger partial charge in [-0.3, -0.25) is 4.79 Å². The summed E-state index contributed by atoms with van der Waals surface area (Å²) >= 11 is 0. The lowest BCUT2D eigenvalue weighted by Crippen LogP contribution is -2.72. The minimum Gasteiger partial charge on any atom is -0.456 e. The van der Waals surface area contributed by atoms with Gasteiger partial charge >= 0.3 is 11.9 Å². The molecule has 0 aromatic heterocycles. The van der Waals surface area contributed by atoms with E-state index >= 15 is 0 Å². The fourth-order valence-corrected chi connectivity index (χ4v) is 13.2. The van der Waals surface area contributed by atoms with Gasteiger partial charge in [0.25, 0.3) is 0 Å². The maximum atomic E-state index is 12.9. The average Bonchev–Trinajstić information content (AvgIpc) is 3.08. The van der Waals surface area contributed by atoms with Crippen LogP contribution in [0.4, 0.5) is 0 Å². The fourth-order valence-electron chi connectivity index (χ4n) is 13.2. The maximum Gasteiger partial charge on any atom is 0.333 e. The minimum absolute atomic E-state index is 0.0195. The number of rotatable bonds is 6. The molecule has 0 bridgehead atoms. The van der Waals surface area contributed by atoms with Crippen LogP contribution in [0.15, 0.2) is 23.3 Å². The van der Waals surface area contributed by atoms with Crippen LogP contribution in [0.5, 0.6) is 0 Å². The first kappa shape index (κ1) is 41.8. The quantitative estimate of drug-likeness (QED) is 0.107. The second-order valence-corrected chi connectivity index (χ2v) is 20.0. The number of carbonyl (C=O) groups is 2. The van der Waals surface area contributed by atoms with Crippen molar-refractivity contribution in [2.45, 2.75) is 176 Å². The number of hydrogen-bond acceptors (Lipinski definition) is 11. The zero-order valence-corrected chi connectivity index (χ0v) is 34.4. The smallest absolute Gasteiger partial charge is 0.333 e. The molecule has 6 rings (SSSR count). The third kappa shape index (κ3) is 5.91. The Morgan fingerprint density at radius 2 is 1.57 bits per heavy atom. The highest BCUT2D eigenvalue weighted by Gasteiger charge is 2.72. The Labute approximate surface area is 321 Å². The number of fused-ring (bicyclic) bond motifs is 7. The highest BCUT2D eigenvalue weighted by Crippen LogP contribution is 2.75. The summed E-state index contributed by atoms with van der Waals surface area (Å²) in [5.41, 5.74) is -1.31. The molecule has 0 spiro atoms. The molecule has 0 unspecified atom stereocenters. The van der Waals surface area contributed by atoms with Gasteiger partial charge in [0, 0.05) is 12.5 Å². The molecule has 6 aliphatic rings. The standard InChI is InChI=1S/C43H68O11/c1-12-22(2)36(50)53-33-31(48)37(51-23(3)32(33)52-24(4)45)54-35-34(49)43(21-44)26(19-38(35,5)6)25-13-14-28-40(9)17-16-29(46)39(7,8)27(40)15-18-41(28,10)42(25,11)20-30(43)47/h12-13,23,26-35,37,44,46-49H,14-21H2,1-11H3/b22-12-/t23-,26+,27+,28-,29+,30-,31-,32+,33-,34+,35+,37+,40+,41-,42-,43+/m1/s1. The fraction of sp³-hybridized carbons (Fsp3) is 0.860. The van der Waals surface area contributed by atoms with Crippen LogP contribution in [0.25, 0.3) is 0 Å². The van der Waals surface area contributed by atoms with Gasteiger partial charge in [0.1, 0.15) is 6.10 Å². The summed E-state index contributed by atoms with van der Waals surface area (Å²) in [7, 11) is 0. The second-order valence-electron chi connectivity index (χ2n) is 20.0. The minimum atomic E-state index is -1.59. The molecule has 11 heteroatoms. The average molecular weight is 761 g/mol. The Morgan fingerprint density at radius 1 is 0.907 bits per heavy atom. The maximum absolute atomic E-state index is 12.9. The van der Waals surface area contributed by atoms with Crippen LogP contribution in [0, 0.1) is 50.2 Å². The Morgan fingerprint density at radius 3 is 2.19 bits per heavy atom. The van der Waals surface area contributed by atoms with E-state index in [1.165, 1.54) is 12.5 Å². The monoisotopic (exact) mass is 760 g/mol. The molecule has 0 aromatic rings. The highest BCUT2D eigenvalue weighted by molar-refractivity contribution is 5.87. The Balaban J connectivity index is 1.33. The molecule has 5 fully saturated rings. The molecule has 5 aliphatic carbocycles. The van der Waals surface area contributed by atoms with E-state index in [0.29, 0.717) is 30.3 Å². The summed E-state index contributed by atoms with van der Waals surface area (Å²) in [6.45, 7) is 21.2. The van der Waals surface area contributed by atoms with Crippen LogP contribution >= 0.6 is 0 Å². The summed E-state index contributed by atoms with van der Waals surface area (Å²) in [5, 5.41) is 59.1. The molecule has 11 nitrogen and oxygen atoms in total. The van der Waals surface area contributed by atoms with E-state index in [2.05, 4.69) is 40.7 Å². The summed E-state index contributed by atoms with van der Waals surface area (Å²) in [5.74, 6) is -0.954. The molecule has 0 amide bonds. The molecule has 1 saturated heterocycles. The van der Waals surface area contributed by atoms with Gasteiger partial charge in [-0.25, -0.2) is 4.79 Å². The van der Waals surface area contributed by atoms with Crippen LogP contribution in [-0.2, 0) is 28.5 Å². The predicted molar refractivity (Wildman–Crippen MR) is 200 cm³/mol. The van der Waals surface area contributed by atoms with Crippen LogP contribution in [0.3, 0.4) is 0 Å². The van der Waals surface area contributed by atoms with E-state index in [1.807, 2.05) is 13.8 Å². The Kier molecular flexibility index (Phi) is 10.8. The van der Waals surface area contributed by atoms with Crippen molar-refractivity contribution in [3.63, 3.8) is 0 Å². The lowest BCUT2D eigenvalue weighted by molar-refractivity contribution is -0.342. The number of aliphatic hydroxyl groups is 5. The Bertz CT molecular complexity index is 1540. The highest BCUT2D eigenvalue weighted by atomic mass is 16.7. The molecule has 1 heterocycles. The first-order valence-corrected chi connectivity index (χ1v) is 20.3. The summed E-state index contributed by atoms with van der Waals surface area (Å²) in [6, 6.07) is 0. The number of esters is 2. The first-order chi connectivity index (χ1) is 25.0. The molecular weight excluding hydrogens is 692 g/mol. The third-order valence-electron chi connectivity index (χ3n) is 16.7. The van der Waals surface area contributed by atoms with Gasteiger partial charge < -0.3 is 44.5 Å². The van der Waals surface area contributed by atoms with E-state index < -0.39 is 83.8 Å². The van der Waals surface area contributed by atoms with Crippen molar-refractivity contribution < 1.29 is 54.1 Å². The SMILES string of the molecule is C/C=C(/C)C(=O)O[C@@H]1[C@@H](O)[C@H](O[C@H]2[C@H](O)[C@]3(CO)[C@H](O)C[C@]4(C)C(=CC[C@@H]5[C@@]6(C)CC[C@H](O)C(C)(C)[C@@H]6CC[C@]54C)[C@@H]3CC2(C)C)O[C@H](C)[C@@H]1OC(C)=O. The van der Waals surface area contributed by atoms with E-state index in [9.17, 15) is 35.1 Å². The first-order valence-electron chi connectivity index (χ1n) is 20.3. The van der Waals surface area contributed by atoms with Gasteiger partial charge in [-0.2, -0.15) is 0 Å². The number of aliphatic hydroxyl groups excluding tert-OH is 5. The van der Waals surface area contributed by atoms with E-state index in [4.69, 9.17) is 18.9 Å². The van der Waals surface area contributed by atoms with Crippen LogP contribution in [0.2, 0.25) is 0 Å². The second kappa shape index (κ2) is 13.9. The number of ether oxygens (including phenoxy) is 4. The molecular formula is C43H68O11. The van der Waals surface area contributed by atoms with Gasteiger partial charge in [0.15, 0.2) is 18.5 Å². The molecule has 306 valence electrons. The number of allylic oxidation sites excluding steroid dienone is 3. The zero-order valence-electron chi connectivity index (χ0n) is 34.4. The molecule has 16 atom stereocenters. The number of carbonyl (C=O) groups excluding carboxylic acids is 2. The van der Waals surface area contributed by atoms with Crippen LogP contribution < -0.4 is 0 Å². The lowest BCUT2D eigenvalue weighted by atomic mass is 9.33. The van der Waals surface area contributed by atoms with E-state index in [1.54, 1.807) is 26.8 Å².